The molecular formula is C18H20Cl2O6. The van der Waals surface area contributed by atoms with Crippen molar-refractivity contribution in [2.24, 2.45) is 0 Å². The number of rotatable bonds is 3. The summed E-state index contributed by atoms with van der Waals surface area (Å²) in [5.41, 5.74) is -0.395. The molecule has 2 aromatic rings. The molecule has 0 spiro atoms. The van der Waals surface area contributed by atoms with E-state index in [1.807, 2.05) is 0 Å². The minimum Gasteiger partial charge on any atom is -0.478 e. The summed E-state index contributed by atoms with van der Waals surface area (Å²) >= 11 is 11.0. The second kappa shape index (κ2) is 11.5. The molecule has 0 aliphatic carbocycles. The van der Waals surface area contributed by atoms with Crippen LogP contribution in [-0.4, -0.2) is 44.6 Å². The Morgan fingerprint density at radius 2 is 1.04 bits per heavy atom. The van der Waals surface area contributed by atoms with Crippen molar-refractivity contribution in [1.82, 2.24) is 0 Å². The zero-order valence-corrected chi connectivity index (χ0v) is 15.7. The van der Waals surface area contributed by atoms with Crippen LogP contribution in [0.15, 0.2) is 48.5 Å². The molecule has 4 N–H and O–H groups in total. The second-order valence-corrected chi connectivity index (χ2v) is 6.47. The van der Waals surface area contributed by atoms with Crippen molar-refractivity contribution in [3.8, 4) is 0 Å². The minimum atomic E-state index is -0.934. The molecule has 142 valence electrons. The molecule has 0 aliphatic rings. The Morgan fingerprint density at radius 1 is 0.808 bits per heavy atom. The van der Waals surface area contributed by atoms with Gasteiger partial charge in [0, 0.05) is 10.0 Å². The Morgan fingerprint density at radius 3 is 1.19 bits per heavy atom. The lowest BCUT2D eigenvalue weighted by Crippen LogP contribution is -2.23. The maximum Gasteiger partial charge on any atom is 0.335 e. The van der Waals surface area contributed by atoms with Crippen LogP contribution in [0.25, 0.3) is 0 Å². The van der Waals surface area contributed by atoms with E-state index in [9.17, 15) is 9.59 Å². The Bertz CT molecular complexity index is 636. The number of carboxylic acid groups (broad SMARTS) is 2. The van der Waals surface area contributed by atoms with E-state index < -0.39 is 17.5 Å². The van der Waals surface area contributed by atoms with Crippen LogP contribution in [0.4, 0.5) is 0 Å². The van der Waals surface area contributed by atoms with E-state index in [0.717, 1.165) is 0 Å². The molecule has 8 heteroatoms. The highest BCUT2D eigenvalue weighted by Gasteiger charge is 2.07. The monoisotopic (exact) mass is 402 g/mol. The molecule has 0 aliphatic heterocycles. The standard InChI is InChI=1S/2C7H5ClO2.C4H10O2/c2*8-6-3-1-5(2-4-6)7(9)10;1-4(2,6)3-5/h2*1-4H,(H,9,10);5-6H,3H2,1-2H3. The fourth-order valence-electron chi connectivity index (χ4n) is 1.18. The molecule has 0 atom stereocenters. The van der Waals surface area contributed by atoms with Gasteiger partial charge in [0.2, 0.25) is 0 Å². The van der Waals surface area contributed by atoms with Crippen molar-refractivity contribution in [1.29, 1.82) is 0 Å². The molecule has 0 saturated carbocycles. The van der Waals surface area contributed by atoms with Gasteiger partial charge in [-0.15, -0.1) is 0 Å². The van der Waals surface area contributed by atoms with Crippen LogP contribution in [0.3, 0.4) is 0 Å². The zero-order valence-electron chi connectivity index (χ0n) is 14.2. The molecule has 0 unspecified atom stereocenters. The van der Waals surface area contributed by atoms with Crippen LogP contribution in [0, 0.1) is 0 Å². The summed E-state index contributed by atoms with van der Waals surface area (Å²) < 4.78 is 0. The first-order valence-electron chi connectivity index (χ1n) is 7.27. The number of carbonyl (C=O) groups is 2. The van der Waals surface area contributed by atoms with Gasteiger partial charge in [0.05, 0.1) is 23.3 Å². The first-order chi connectivity index (χ1) is 12.0. The van der Waals surface area contributed by atoms with Crippen molar-refractivity contribution in [2.75, 3.05) is 6.61 Å². The lowest BCUT2D eigenvalue weighted by atomic mass is 10.2. The number of halogens is 2. The first kappa shape index (κ1) is 23.9. The Kier molecular flexibility index (Phi) is 10.6. The van der Waals surface area contributed by atoms with Gasteiger partial charge in [0.25, 0.3) is 0 Å². The molecule has 0 saturated heterocycles. The maximum absolute atomic E-state index is 10.3. The van der Waals surface area contributed by atoms with Crippen LogP contribution in [-0.2, 0) is 0 Å². The molecule has 26 heavy (non-hydrogen) atoms. The number of aliphatic hydroxyl groups excluding tert-OH is 1. The summed E-state index contributed by atoms with van der Waals surface area (Å²) in [5, 5.41) is 34.7. The summed E-state index contributed by atoms with van der Waals surface area (Å²) in [4.78, 5) is 20.5. The summed E-state index contributed by atoms with van der Waals surface area (Å²) in [7, 11) is 0. The van der Waals surface area contributed by atoms with Gasteiger partial charge in [-0.25, -0.2) is 9.59 Å². The van der Waals surface area contributed by atoms with Crippen molar-refractivity contribution < 1.29 is 30.0 Å². The third-order valence-electron chi connectivity index (χ3n) is 2.57. The van der Waals surface area contributed by atoms with E-state index >= 15 is 0 Å². The number of carboxylic acids is 2. The van der Waals surface area contributed by atoms with E-state index in [2.05, 4.69) is 0 Å². The summed E-state index contributed by atoms with van der Waals surface area (Å²) in [6.07, 6.45) is 0. The van der Waals surface area contributed by atoms with Gasteiger partial charge < -0.3 is 20.4 Å². The van der Waals surface area contributed by atoms with Gasteiger partial charge in [-0.05, 0) is 62.4 Å². The topological polar surface area (TPSA) is 115 Å². The van der Waals surface area contributed by atoms with Crippen molar-refractivity contribution in [3.05, 3.63) is 69.7 Å². The predicted octanol–water partition coefficient (Wildman–Crippen LogP) is 3.83. The average molecular weight is 403 g/mol. The Hall–Kier alpha value is -2.12. The number of hydrogen-bond donors (Lipinski definition) is 4. The van der Waals surface area contributed by atoms with E-state index in [1.54, 1.807) is 38.1 Å². The Labute approximate surface area is 161 Å². The third kappa shape index (κ3) is 11.4. The summed E-state index contributed by atoms with van der Waals surface area (Å²) in [6, 6.07) is 12.0. The molecule has 2 rings (SSSR count). The molecule has 6 nitrogen and oxygen atoms in total. The maximum atomic E-state index is 10.3. The van der Waals surface area contributed by atoms with Crippen molar-refractivity contribution in [2.45, 2.75) is 19.4 Å². The zero-order chi connectivity index (χ0) is 20.3. The van der Waals surface area contributed by atoms with Crippen LogP contribution in [0.2, 0.25) is 10.0 Å². The van der Waals surface area contributed by atoms with E-state index in [0.29, 0.717) is 10.0 Å². The van der Waals surface area contributed by atoms with Gasteiger partial charge in [0.15, 0.2) is 0 Å². The summed E-state index contributed by atoms with van der Waals surface area (Å²) in [6.45, 7) is 2.92. The van der Waals surface area contributed by atoms with Crippen molar-refractivity contribution >= 4 is 35.1 Å². The van der Waals surface area contributed by atoms with Gasteiger partial charge in [-0.2, -0.15) is 0 Å². The first-order valence-corrected chi connectivity index (χ1v) is 8.03. The van der Waals surface area contributed by atoms with Gasteiger partial charge in [0.1, 0.15) is 0 Å². The van der Waals surface area contributed by atoms with Crippen LogP contribution >= 0.6 is 23.2 Å². The molecule has 0 bridgehead atoms. The fourth-order valence-corrected chi connectivity index (χ4v) is 1.44. The van der Waals surface area contributed by atoms with Gasteiger partial charge >= 0.3 is 11.9 Å². The highest BCUT2D eigenvalue weighted by atomic mass is 35.5. The van der Waals surface area contributed by atoms with Crippen LogP contribution < -0.4 is 0 Å². The SMILES string of the molecule is CC(C)(O)CO.O=C(O)c1ccc(Cl)cc1.O=C(O)c1ccc(Cl)cc1. The number of aromatic carboxylic acids is 2. The van der Waals surface area contributed by atoms with Crippen LogP contribution in [0.5, 0.6) is 0 Å². The lowest BCUT2D eigenvalue weighted by Gasteiger charge is -2.10. The molecule has 2 aromatic carbocycles. The van der Waals surface area contributed by atoms with E-state index in [-0.39, 0.29) is 17.7 Å². The highest BCUT2D eigenvalue weighted by molar-refractivity contribution is 6.30. The molecule has 0 heterocycles. The smallest absolute Gasteiger partial charge is 0.335 e. The Balaban J connectivity index is 0.000000375. The number of aliphatic hydroxyl groups is 2. The summed E-state index contributed by atoms with van der Waals surface area (Å²) in [5.74, 6) is -1.87. The van der Waals surface area contributed by atoms with Crippen LogP contribution in [0.1, 0.15) is 34.6 Å². The predicted molar refractivity (Wildman–Crippen MR) is 100 cm³/mol. The second-order valence-electron chi connectivity index (χ2n) is 5.59. The van der Waals surface area contributed by atoms with Gasteiger partial charge in [-0.1, -0.05) is 23.2 Å². The normalized spacial score (nSPS) is 9.92. The van der Waals surface area contributed by atoms with E-state index in [1.165, 1.54) is 24.3 Å². The lowest BCUT2D eigenvalue weighted by molar-refractivity contribution is 0.0183. The number of hydrogen-bond acceptors (Lipinski definition) is 4. The highest BCUT2D eigenvalue weighted by Crippen LogP contribution is 2.09. The number of benzene rings is 2. The molecule has 0 fully saturated rings. The fraction of sp³-hybridized carbons (Fsp3) is 0.222. The van der Waals surface area contributed by atoms with Gasteiger partial charge in [-0.3, -0.25) is 0 Å². The molecule has 0 amide bonds. The van der Waals surface area contributed by atoms with Crippen molar-refractivity contribution in [3.63, 3.8) is 0 Å². The average Bonchev–Trinajstić information content (AvgIpc) is 2.56. The molecule has 0 aromatic heterocycles. The molecular weight excluding hydrogens is 383 g/mol. The largest absolute Gasteiger partial charge is 0.478 e. The molecule has 0 radical (unpaired) electrons. The quantitative estimate of drug-likeness (QED) is 0.619. The minimum absolute atomic E-state index is 0.174. The van der Waals surface area contributed by atoms with E-state index in [4.69, 9.17) is 43.6 Å². The third-order valence-corrected chi connectivity index (χ3v) is 3.07.